The molecule has 0 saturated carbocycles. The summed E-state index contributed by atoms with van der Waals surface area (Å²) in [6, 6.07) is 7.41. The zero-order valence-electron chi connectivity index (χ0n) is 14.2. The monoisotopic (exact) mass is 339 g/mol. The molecule has 3 heterocycles. The molecule has 3 rings (SSSR count). The fraction of sp³-hybridized carbons (Fsp3) is 0.333. The maximum atomic E-state index is 12.3. The van der Waals surface area contributed by atoms with Crippen LogP contribution in [0.4, 0.5) is 5.69 Å². The average Bonchev–Trinajstić information content (AvgIpc) is 2.67. The Balaban J connectivity index is 1.61. The second kappa shape index (κ2) is 7.74. The predicted molar refractivity (Wildman–Crippen MR) is 94.1 cm³/mol. The van der Waals surface area contributed by atoms with Gasteiger partial charge in [0, 0.05) is 63.9 Å². The number of rotatable bonds is 4. The van der Waals surface area contributed by atoms with E-state index in [1.807, 2.05) is 23.1 Å². The van der Waals surface area contributed by atoms with Gasteiger partial charge in [0.05, 0.1) is 0 Å². The first-order valence-corrected chi connectivity index (χ1v) is 8.27. The fourth-order valence-electron chi connectivity index (χ4n) is 2.79. The van der Waals surface area contributed by atoms with E-state index in [0.717, 1.165) is 24.3 Å². The molecular weight excluding hydrogens is 318 g/mol. The highest BCUT2D eigenvalue weighted by atomic mass is 16.2. The molecule has 0 aliphatic carbocycles. The second-order valence-electron chi connectivity index (χ2n) is 5.93. The highest BCUT2D eigenvalue weighted by Crippen LogP contribution is 2.17. The summed E-state index contributed by atoms with van der Waals surface area (Å²) >= 11 is 0. The number of aromatic nitrogens is 2. The van der Waals surface area contributed by atoms with E-state index in [0.29, 0.717) is 25.3 Å². The zero-order valence-corrected chi connectivity index (χ0v) is 14.2. The van der Waals surface area contributed by atoms with Crippen molar-refractivity contribution in [3.63, 3.8) is 0 Å². The van der Waals surface area contributed by atoms with Crippen molar-refractivity contribution in [3.05, 3.63) is 54.1 Å². The number of nitrogens with zero attached hydrogens (tertiary/aromatic N) is 4. The van der Waals surface area contributed by atoms with Crippen LogP contribution in [-0.2, 0) is 11.3 Å². The van der Waals surface area contributed by atoms with E-state index in [9.17, 15) is 9.59 Å². The molecule has 25 heavy (non-hydrogen) atoms. The first kappa shape index (κ1) is 16.9. The molecule has 2 aromatic heterocycles. The van der Waals surface area contributed by atoms with Crippen LogP contribution in [0, 0.1) is 0 Å². The Kier molecular flexibility index (Phi) is 5.23. The topological polar surface area (TPSA) is 78.4 Å². The van der Waals surface area contributed by atoms with Crippen LogP contribution in [-0.4, -0.2) is 52.9 Å². The van der Waals surface area contributed by atoms with Crippen LogP contribution in [0.2, 0.25) is 0 Å². The molecule has 2 aromatic rings. The van der Waals surface area contributed by atoms with Crippen molar-refractivity contribution < 1.29 is 9.59 Å². The summed E-state index contributed by atoms with van der Waals surface area (Å²) in [7, 11) is 0. The molecule has 0 aromatic carbocycles. The van der Waals surface area contributed by atoms with E-state index in [4.69, 9.17) is 0 Å². The Hall–Kier alpha value is -2.96. The summed E-state index contributed by atoms with van der Waals surface area (Å²) in [6.07, 6.45) is 5.04. The summed E-state index contributed by atoms with van der Waals surface area (Å²) in [5.41, 5.74) is 2.33. The van der Waals surface area contributed by atoms with Gasteiger partial charge in [-0.25, -0.2) is 0 Å². The van der Waals surface area contributed by atoms with E-state index >= 15 is 0 Å². The van der Waals surface area contributed by atoms with E-state index in [-0.39, 0.29) is 11.8 Å². The standard InChI is InChI=1S/C18H21N5O2/c1-14(24)22-8-10-23(11-9-22)16-4-7-20-17(12-16)18(25)21-13-15-2-5-19-6-3-15/h2-7,12H,8-11,13H2,1H3,(H,21,25). The Morgan fingerprint density at radius 2 is 1.80 bits per heavy atom. The van der Waals surface area contributed by atoms with Crippen molar-refractivity contribution in [1.29, 1.82) is 0 Å². The molecule has 130 valence electrons. The lowest BCUT2D eigenvalue weighted by Crippen LogP contribution is -2.48. The Labute approximate surface area is 146 Å². The van der Waals surface area contributed by atoms with Crippen molar-refractivity contribution in [3.8, 4) is 0 Å². The van der Waals surface area contributed by atoms with Gasteiger partial charge in [-0.3, -0.25) is 19.6 Å². The molecule has 1 fully saturated rings. The average molecular weight is 339 g/mol. The number of pyridine rings is 2. The number of nitrogens with one attached hydrogen (secondary N) is 1. The van der Waals surface area contributed by atoms with Crippen molar-refractivity contribution in [1.82, 2.24) is 20.2 Å². The minimum atomic E-state index is -0.207. The third-order valence-corrected chi connectivity index (χ3v) is 4.27. The summed E-state index contributed by atoms with van der Waals surface area (Å²) in [5.74, 6) is -0.105. The number of amides is 2. The zero-order chi connectivity index (χ0) is 17.6. The van der Waals surface area contributed by atoms with E-state index in [2.05, 4.69) is 20.2 Å². The quantitative estimate of drug-likeness (QED) is 0.902. The van der Waals surface area contributed by atoms with Crippen LogP contribution < -0.4 is 10.2 Å². The smallest absolute Gasteiger partial charge is 0.270 e. The summed E-state index contributed by atoms with van der Waals surface area (Å²) in [4.78, 5) is 35.9. The third kappa shape index (κ3) is 4.32. The second-order valence-corrected chi connectivity index (χ2v) is 5.93. The summed E-state index contributed by atoms with van der Waals surface area (Å²) in [6.45, 7) is 4.92. The molecule has 1 aliphatic rings. The summed E-state index contributed by atoms with van der Waals surface area (Å²) < 4.78 is 0. The lowest BCUT2D eigenvalue weighted by molar-refractivity contribution is -0.129. The Bertz CT molecular complexity index is 742. The molecule has 0 spiro atoms. The molecule has 7 nitrogen and oxygen atoms in total. The fourth-order valence-corrected chi connectivity index (χ4v) is 2.79. The van der Waals surface area contributed by atoms with Crippen molar-refractivity contribution in [2.75, 3.05) is 31.1 Å². The number of hydrogen-bond donors (Lipinski definition) is 1. The van der Waals surface area contributed by atoms with Crippen molar-refractivity contribution in [2.24, 2.45) is 0 Å². The molecule has 0 unspecified atom stereocenters. The first-order chi connectivity index (χ1) is 12.1. The predicted octanol–water partition coefficient (Wildman–Crippen LogP) is 1.08. The van der Waals surface area contributed by atoms with Crippen LogP contribution in [0.5, 0.6) is 0 Å². The minimum Gasteiger partial charge on any atom is -0.368 e. The van der Waals surface area contributed by atoms with Crippen molar-refractivity contribution in [2.45, 2.75) is 13.5 Å². The number of hydrogen-bond acceptors (Lipinski definition) is 5. The minimum absolute atomic E-state index is 0.102. The molecule has 0 atom stereocenters. The number of anilines is 1. The van der Waals surface area contributed by atoms with Gasteiger partial charge in [-0.1, -0.05) is 0 Å². The molecule has 1 N–H and O–H groups in total. The molecule has 0 radical (unpaired) electrons. The Morgan fingerprint density at radius 3 is 2.48 bits per heavy atom. The maximum Gasteiger partial charge on any atom is 0.270 e. The third-order valence-electron chi connectivity index (χ3n) is 4.27. The van der Waals surface area contributed by atoms with Gasteiger partial charge in [-0.2, -0.15) is 0 Å². The molecule has 1 saturated heterocycles. The highest BCUT2D eigenvalue weighted by Gasteiger charge is 2.19. The number of piperazine rings is 1. The lowest BCUT2D eigenvalue weighted by atomic mass is 10.2. The molecule has 0 bridgehead atoms. The van der Waals surface area contributed by atoms with Crippen LogP contribution in [0.1, 0.15) is 23.0 Å². The maximum absolute atomic E-state index is 12.3. The Morgan fingerprint density at radius 1 is 1.08 bits per heavy atom. The van der Waals surface area contributed by atoms with E-state index in [1.165, 1.54) is 0 Å². The largest absolute Gasteiger partial charge is 0.368 e. The van der Waals surface area contributed by atoms with Gasteiger partial charge in [-0.05, 0) is 29.8 Å². The molecule has 1 aliphatic heterocycles. The summed E-state index contributed by atoms with van der Waals surface area (Å²) in [5, 5.41) is 2.87. The highest BCUT2D eigenvalue weighted by molar-refractivity contribution is 5.93. The van der Waals surface area contributed by atoms with Gasteiger partial charge in [0.15, 0.2) is 0 Å². The number of carbonyl (C=O) groups is 2. The van der Waals surface area contributed by atoms with Crippen LogP contribution in [0.3, 0.4) is 0 Å². The van der Waals surface area contributed by atoms with Crippen LogP contribution in [0.15, 0.2) is 42.9 Å². The lowest BCUT2D eigenvalue weighted by Gasteiger charge is -2.35. The van der Waals surface area contributed by atoms with Gasteiger partial charge < -0.3 is 15.1 Å². The molecule has 7 heteroatoms. The van der Waals surface area contributed by atoms with Gasteiger partial charge in [-0.15, -0.1) is 0 Å². The van der Waals surface area contributed by atoms with Gasteiger partial charge >= 0.3 is 0 Å². The van der Waals surface area contributed by atoms with Gasteiger partial charge in [0.2, 0.25) is 5.91 Å². The van der Waals surface area contributed by atoms with Crippen molar-refractivity contribution >= 4 is 17.5 Å². The van der Waals surface area contributed by atoms with E-state index in [1.54, 1.807) is 31.6 Å². The van der Waals surface area contributed by atoms with Gasteiger partial charge in [0.25, 0.3) is 5.91 Å². The first-order valence-electron chi connectivity index (χ1n) is 8.27. The SMILES string of the molecule is CC(=O)N1CCN(c2ccnc(C(=O)NCc3ccncc3)c2)CC1. The molecule has 2 amide bonds. The molecular formula is C18H21N5O2. The number of carbonyl (C=O) groups excluding carboxylic acids is 2. The van der Waals surface area contributed by atoms with Crippen LogP contribution >= 0.6 is 0 Å². The normalized spacial score (nSPS) is 14.3. The van der Waals surface area contributed by atoms with Crippen LogP contribution in [0.25, 0.3) is 0 Å². The van der Waals surface area contributed by atoms with Gasteiger partial charge in [0.1, 0.15) is 5.69 Å². The van der Waals surface area contributed by atoms with E-state index < -0.39 is 0 Å².